The summed E-state index contributed by atoms with van der Waals surface area (Å²) in [6.45, 7) is 0.204. The van der Waals surface area contributed by atoms with Gasteiger partial charge in [0.1, 0.15) is 11.3 Å². The number of fused-ring (bicyclic) bond motifs is 1. The summed E-state index contributed by atoms with van der Waals surface area (Å²) in [6, 6.07) is 15.1. The van der Waals surface area contributed by atoms with E-state index in [4.69, 9.17) is 25.8 Å². The van der Waals surface area contributed by atoms with Crippen LogP contribution in [0.4, 0.5) is 0 Å². The van der Waals surface area contributed by atoms with Gasteiger partial charge in [0.05, 0.1) is 0 Å². The Kier molecular flexibility index (Phi) is 3.39. The van der Waals surface area contributed by atoms with E-state index in [1.54, 1.807) is 0 Å². The number of aromatic amines is 1. The lowest BCUT2D eigenvalue weighted by atomic mass is 10.2. The summed E-state index contributed by atoms with van der Waals surface area (Å²) in [5.41, 5.74) is 2.48. The van der Waals surface area contributed by atoms with E-state index < -0.39 is 0 Å². The molecule has 4 rings (SSSR count). The van der Waals surface area contributed by atoms with Crippen LogP contribution >= 0.6 is 12.2 Å². The van der Waals surface area contributed by atoms with Crippen molar-refractivity contribution in [3.05, 3.63) is 59.3 Å². The summed E-state index contributed by atoms with van der Waals surface area (Å²) in [4.78, 5) is 4.69. The Balaban J connectivity index is 1.52. The van der Waals surface area contributed by atoms with Gasteiger partial charge in [-0.3, -0.25) is 0 Å². The number of ether oxygens (including phenoxy) is 1. The normalized spacial score (nSPS) is 11.0. The predicted octanol–water partition coefficient (Wildman–Crippen LogP) is 4.12. The second-order valence-corrected chi connectivity index (χ2v) is 5.18. The standard InChI is InChI=1S/C16H11N3O3S/c23-16-19-18-14(22-16)9-20-11-7-5-10(6-8-11)15-17-12-3-1-2-4-13(12)21-15/h1-8H,9H2,(H,19,23). The minimum Gasteiger partial charge on any atom is -0.484 e. The smallest absolute Gasteiger partial charge is 0.284 e. The zero-order valence-electron chi connectivity index (χ0n) is 11.9. The van der Waals surface area contributed by atoms with Crippen LogP contribution in [-0.2, 0) is 6.61 Å². The second kappa shape index (κ2) is 5.69. The fourth-order valence-corrected chi connectivity index (χ4v) is 2.30. The van der Waals surface area contributed by atoms with Gasteiger partial charge in [-0.2, -0.15) is 0 Å². The monoisotopic (exact) mass is 325 g/mol. The van der Waals surface area contributed by atoms with Crippen LogP contribution in [-0.4, -0.2) is 15.2 Å². The number of nitrogens with zero attached hydrogens (tertiary/aromatic N) is 2. The van der Waals surface area contributed by atoms with Crippen molar-refractivity contribution < 1.29 is 13.6 Å². The van der Waals surface area contributed by atoms with Crippen molar-refractivity contribution in [1.82, 2.24) is 15.2 Å². The Morgan fingerprint density at radius 3 is 2.61 bits per heavy atom. The van der Waals surface area contributed by atoms with Gasteiger partial charge in [-0.05, 0) is 48.6 Å². The van der Waals surface area contributed by atoms with Gasteiger partial charge >= 0.3 is 0 Å². The first-order valence-electron chi connectivity index (χ1n) is 6.91. The number of hydrogen-bond donors (Lipinski definition) is 1. The molecule has 0 spiro atoms. The molecule has 1 N–H and O–H groups in total. The maximum atomic E-state index is 5.73. The highest BCUT2D eigenvalue weighted by atomic mass is 32.1. The Morgan fingerprint density at radius 1 is 1.04 bits per heavy atom. The number of aromatic nitrogens is 3. The molecule has 0 aliphatic heterocycles. The Morgan fingerprint density at radius 2 is 1.87 bits per heavy atom. The molecule has 0 fully saturated rings. The maximum absolute atomic E-state index is 5.73. The summed E-state index contributed by atoms with van der Waals surface area (Å²) in [6.07, 6.45) is 0. The molecule has 0 aliphatic carbocycles. The molecule has 0 unspecified atom stereocenters. The van der Waals surface area contributed by atoms with Gasteiger partial charge in [0, 0.05) is 5.56 Å². The van der Waals surface area contributed by atoms with Crippen molar-refractivity contribution in [3.8, 4) is 17.2 Å². The van der Waals surface area contributed by atoms with Crippen LogP contribution in [0.15, 0.2) is 57.4 Å². The highest BCUT2D eigenvalue weighted by Crippen LogP contribution is 2.25. The van der Waals surface area contributed by atoms with E-state index in [0.29, 0.717) is 17.5 Å². The van der Waals surface area contributed by atoms with Gasteiger partial charge in [-0.15, -0.1) is 5.10 Å². The predicted molar refractivity (Wildman–Crippen MR) is 85.5 cm³/mol. The zero-order chi connectivity index (χ0) is 15.6. The molecule has 0 radical (unpaired) electrons. The lowest BCUT2D eigenvalue weighted by Crippen LogP contribution is -1.95. The Bertz CT molecular complexity index is 968. The number of oxazole rings is 1. The highest BCUT2D eigenvalue weighted by molar-refractivity contribution is 7.71. The molecule has 0 bridgehead atoms. The highest BCUT2D eigenvalue weighted by Gasteiger charge is 2.08. The summed E-state index contributed by atoms with van der Waals surface area (Å²) >= 11 is 4.80. The van der Waals surface area contributed by atoms with Gasteiger partial charge in [0.2, 0.25) is 5.89 Å². The van der Waals surface area contributed by atoms with Crippen LogP contribution in [0, 0.1) is 4.84 Å². The maximum Gasteiger partial charge on any atom is 0.284 e. The first-order chi connectivity index (χ1) is 11.3. The SMILES string of the molecule is S=c1[nH]nc(COc2ccc(-c3nc4ccccc4o3)cc2)o1. The van der Waals surface area contributed by atoms with E-state index in [0.717, 1.165) is 16.7 Å². The van der Waals surface area contributed by atoms with E-state index in [9.17, 15) is 0 Å². The molecule has 0 saturated heterocycles. The van der Waals surface area contributed by atoms with E-state index in [1.807, 2.05) is 48.5 Å². The molecular weight excluding hydrogens is 314 g/mol. The van der Waals surface area contributed by atoms with Crippen molar-refractivity contribution in [2.75, 3.05) is 0 Å². The quantitative estimate of drug-likeness (QED) is 0.569. The largest absolute Gasteiger partial charge is 0.484 e. The molecule has 6 nitrogen and oxygen atoms in total. The first-order valence-corrected chi connectivity index (χ1v) is 7.32. The fraction of sp³-hybridized carbons (Fsp3) is 0.0625. The summed E-state index contributed by atoms with van der Waals surface area (Å²) in [5, 5.41) is 6.42. The van der Waals surface area contributed by atoms with Crippen LogP contribution in [0.25, 0.3) is 22.6 Å². The Hall–Kier alpha value is -2.93. The van der Waals surface area contributed by atoms with Gasteiger partial charge in [0.15, 0.2) is 12.2 Å². The minimum atomic E-state index is 0.204. The van der Waals surface area contributed by atoms with Crippen molar-refractivity contribution in [2.24, 2.45) is 0 Å². The summed E-state index contributed by atoms with van der Waals surface area (Å²) < 4.78 is 16.4. The molecule has 2 aromatic heterocycles. The van der Waals surface area contributed by atoms with Crippen LogP contribution in [0.2, 0.25) is 0 Å². The molecule has 23 heavy (non-hydrogen) atoms. The third-order valence-electron chi connectivity index (χ3n) is 3.24. The lowest BCUT2D eigenvalue weighted by molar-refractivity contribution is 0.261. The van der Waals surface area contributed by atoms with Crippen LogP contribution in [0.1, 0.15) is 5.89 Å². The molecular formula is C16H11N3O3S. The molecule has 7 heteroatoms. The van der Waals surface area contributed by atoms with Crippen LogP contribution < -0.4 is 4.74 Å². The fourth-order valence-electron chi connectivity index (χ4n) is 2.16. The zero-order valence-corrected chi connectivity index (χ0v) is 12.7. The number of H-pyrrole nitrogens is 1. The third kappa shape index (κ3) is 2.86. The van der Waals surface area contributed by atoms with E-state index in [2.05, 4.69) is 15.2 Å². The average Bonchev–Trinajstić information content (AvgIpc) is 3.19. The molecule has 114 valence electrons. The van der Waals surface area contributed by atoms with E-state index in [1.165, 1.54) is 0 Å². The number of rotatable bonds is 4. The first kappa shape index (κ1) is 13.7. The molecule has 2 aromatic carbocycles. The van der Waals surface area contributed by atoms with Gasteiger partial charge < -0.3 is 13.6 Å². The van der Waals surface area contributed by atoms with Crippen molar-refractivity contribution in [3.63, 3.8) is 0 Å². The second-order valence-electron chi connectivity index (χ2n) is 4.81. The van der Waals surface area contributed by atoms with Crippen molar-refractivity contribution in [2.45, 2.75) is 6.61 Å². The summed E-state index contributed by atoms with van der Waals surface area (Å²) in [5.74, 6) is 1.67. The Labute approximate surface area is 135 Å². The molecule has 2 heterocycles. The summed E-state index contributed by atoms with van der Waals surface area (Å²) in [7, 11) is 0. The van der Waals surface area contributed by atoms with E-state index in [-0.39, 0.29) is 11.4 Å². The van der Waals surface area contributed by atoms with Gasteiger partial charge in [0.25, 0.3) is 10.7 Å². The molecule has 0 atom stereocenters. The number of hydrogen-bond acceptors (Lipinski definition) is 6. The molecule has 4 aromatic rings. The topological polar surface area (TPSA) is 77.1 Å². The number of para-hydroxylation sites is 2. The minimum absolute atomic E-state index is 0.204. The molecule has 0 saturated carbocycles. The van der Waals surface area contributed by atoms with Crippen molar-refractivity contribution >= 4 is 23.3 Å². The van der Waals surface area contributed by atoms with Gasteiger partial charge in [-0.25, -0.2) is 10.1 Å². The van der Waals surface area contributed by atoms with E-state index >= 15 is 0 Å². The third-order valence-corrected chi connectivity index (χ3v) is 3.41. The number of benzene rings is 2. The molecule has 0 aliphatic rings. The lowest BCUT2D eigenvalue weighted by Gasteiger charge is -2.03. The van der Waals surface area contributed by atoms with Crippen molar-refractivity contribution in [1.29, 1.82) is 0 Å². The van der Waals surface area contributed by atoms with Gasteiger partial charge in [-0.1, -0.05) is 12.1 Å². The van der Waals surface area contributed by atoms with Crippen LogP contribution in [0.5, 0.6) is 5.75 Å². The number of nitrogens with one attached hydrogen (secondary N) is 1. The average molecular weight is 325 g/mol. The van der Waals surface area contributed by atoms with Crippen LogP contribution in [0.3, 0.4) is 0 Å². The molecule has 0 amide bonds.